The fraction of sp³-hybridized carbons (Fsp3) is 0.625. The number of aliphatic hydroxyl groups is 1. The third-order valence-electron chi connectivity index (χ3n) is 4.73. The van der Waals surface area contributed by atoms with Crippen molar-refractivity contribution in [3.63, 3.8) is 0 Å². The summed E-state index contributed by atoms with van der Waals surface area (Å²) < 4.78 is 38.2. The van der Waals surface area contributed by atoms with Crippen LogP contribution in [0.1, 0.15) is 44.2 Å². The van der Waals surface area contributed by atoms with Crippen molar-refractivity contribution in [1.82, 2.24) is 0 Å². The van der Waals surface area contributed by atoms with Gasteiger partial charge in [-0.15, -0.1) is 0 Å². The fourth-order valence-corrected chi connectivity index (χ4v) is 3.20. The Labute approximate surface area is 117 Å². The second-order valence-electron chi connectivity index (χ2n) is 6.14. The zero-order chi connectivity index (χ0) is 15.0. The zero-order valence-corrected chi connectivity index (χ0v) is 11.9. The Bertz CT molecular complexity index is 469. The van der Waals surface area contributed by atoms with E-state index in [1.54, 1.807) is 6.07 Å². The lowest BCUT2D eigenvalue weighted by molar-refractivity contribution is -0.137. The summed E-state index contributed by atoms with van der Waals surface area (Å²) in [6, 6.07) is 5.31. The summed E-state index contributed by atoms with van der Waals surface area (Å²) in [5.41, 5.74) is -0.972. The van der Waals surface area contributed by atoms with E-state index < -0.39 is 17.3 Å². The Morgan fingerprint density at radius 3 is 2.65 bits per heavy atom. The predicted octanol–water partition coefficient (Wildman–Crippen LogP) is 4.44. The third-order valence-corrected chi connectivity index (χ3v) is 4.73. The van der Waals surface area contributed by atoms with E-state index in [-0.39, 0.29) is 5.92 Å². The van der Waals surface area contributed by atoms with E-state index in [0.717, 1.165) is 25.0 Å². The summed E-state index contributed by atoms with van der Waals surface area (Å²) in [4.78, 5) is 0. The second kappa shape index (κ2) is 5.40. The Balaban J connectivity index is 2.21. The normalized spacial score (nSPS) is 31.3. The average Bonchev–Trinajstić information content (AvgIpc) is 2.35. The van der Waals surface area contributed by atoms with Crippen molar-refractivity contribution in [2.45, 2.75) is 51.3 Å². The molecule has 4 heteroatoms. The Morgan fingerprint density at radius 2 is 2.00 bits per heavy atom. The van der Waals surface area contributed by atoms with Gasteiger partial charge in [0, 0.05) is 6.42 Å². The van der Waals surface area contributed by atoms with Crippen molar-refractivity contribution < 1.29 is 18.3 Å². The Hall–Kier alpha value is -1.03. The molecule has 1 fully saturated rings. The first-order valence-electron chi connectivity index (χ1n) is 7.11. The van der Waals surface area contributed by atoms with Gasteiger partial charge in [0.05, 0.1) is 11.2 Å². The van der Waals surface area contributed by atoms with E-state index in [9.17, 15) is 18.3 Å². The molecule has 3 unspecified atom stereocenters. The lowest BCUT2D eigenvalue weighted by Crippen LogP contribution is -2.44. The molecule has 1 aliphatic carbocycles. The maximum atomic E-state index is 12.7. The molecule has 1 aromatic carbocycles. The van der Waals surface area contributed by atoms with Gasteiger partial charge < -0.3 is 5.11 Å². The van der Waals surface area contributed by atoms with E-state index in [0.29, 0.717) is 24.3 Å². The summed E-state index contributed by atoms with van der Waals surface area (Å²) in [6.45, 7) is 4.10. The van der Waals surface area contributed by atoms with Crippen molar-refractivity contribution in [3.05, 3.63) is 35.4 Å². The molecule has 3 atom stereocenters. The third kappa shape index (κ3) is 3.17. The topological polar surface area (TPSA) is 20.2 Å². The molecule has 1 nitrogen and oxygen atoms in total. The molecule has 0 heterocycles. The molecule has 0 bridgehead atoms. The average molecular weight is 286 g/mol. The molecular weight excluding hydrogens is 265 g/mol. The van der Waals surface area contributed by atoms with Gasteiger partial charge in [-0.3, -0.25) is 0 Å². The van der Waals surface area contributed by atoms with E-state index in [4.69, 9.17) is 0 Å². The molecule has 0 spiro atoms. The monoisotopic (exact) mass is 286 g/mol. The molecule has 2 rings (SSSR count). The van der Waals surface area contributed by atoms with E-state index >= 15 is 0 Å². The van der Waals surface area contributed by atoms with Gasteiger partial charge in [-0.05, 0) is 29.9 Å². The maximum absolute atomic E-state index is 12.7. The minimum atomic E-state index is -4.33. The highest BCUT2D eigenvalue weighted by atomic mass is 19.4. The van der Waals surface area contributed by atoms with Crippen LogP contribution in [0.5, 0.6) is 0 Å². The van der Waals surface area contributed by atoms with E-state index in [1.165, 1.54) is 6.07 Å². The highest BCUT2D eigenvalue weighted by Gasteiger charge is 2.40. The molecule has 0 amide bonds. The van der Waals surface area contributed by atoms with E-state index in [2.05, 4.69) is 6.92 Å². The summed E-state index contributed by atoms with van der Waals surface area (Å²) in [7, 11) is 0. The molecule has 1 aromatic rings. The first-order chi connectivity index (χ1) is 9.22. The molecule has 0 saturated heterocycles. The van der Waals surface area contributed by atoms with Crippen LogP contribution in [-0.4, -0.2) is 10.7 Å². The largest absolute Gasteiger partial charge is 0.416 e. The van der Waals surface area contributed by atoms with Crippen LogP contribution in [0.25, 0.3) is 0 Å². The van der Waals surface area contributed by atoms with E-state index in [1.807, 2.05) is 6.92 Å². The minimum absolute atomic E-state index is 0.103. The van der Waals surface area contributed by atoms with Crippen molar-refractivity contribution in [2.75, 3.05) is 0 Å². The quantitative estimate of drug-likeness (QED) is 0.852. The summed E-state index contributed by atoms with van der Waals surface area (Å²) in [5.74, 6) is 0.505. The smallest absolute Gasteiger partial charge is 0.389 e. The van der Waals surface area contributed by atoms with Crippen LogP contribution in [0.15, 0.2) is 24.3 Å². The number of rotatable bonds is 2. The minimum Gasteiger partial charge on any atom is -0.389 e. The lowest BCUT2D eigenvalue weighted by Gasteiger charge is -2.42. The fourth-order valence-electron chi connectivity index (χ4n) is 3.20. The van der Waals surface area contributed by atoms with Crippen LogP contribution >= 0.6 is 0 Å². The Kier molecular flexibility index (Phi) is 4.14. The van der Waals surface area contributed by atoms with Crippen LogP contribution in [0.4, 0.5) is 13.2 Å². The van der Waals surface area contributed by atoms with Gasteiger partial charge in [0.25, 0.3) is 0 Å². The highest BCUT2D eigenvalue weighted by Crippen LogP contribution is 2.40. The first kappa shape index (κ1) is 15.4. The van der Waals surface area contributed by atoms with Crippen LogP contribution in [0.2, 0.25) is 0 Å². The Morgan fingerprint density at radius 1 is 1.30 bits per heavy atom. The van der Waals surface area contributed by atoms with Crippen LogP contribution in [0.3, 0.4) is 0 Å². The number of hydrogen-bond donors (Lipinski definition) is 1. The second-order valence-corrected chi connectivity index (χ2v) is 6.14. The number of benzene rings is 1. The molecule has 0 aromatic heterocycles. The molecule has 0 aliphatic heterocycles. The molecule has 20 heavy (non-hydrogen) atoms. The molecule has 1 aliphatic rings. The van der Waals surface area contributed by atoms with Gasteiger partial charge in [0.15, 0.2) is 0 Å². The molecule has 1 saturated carbocycles. The van der Waals surface area contributed by atoms with Gasteiger partial charge >= 0.3 is 6.18 Å². The molecule has 0 radical (unpaired) electrons. The number of hydrogen-bond acceptors (Lipinski definition) is 1. The molecular formula is C16H21F3O. The highest BCUT2D eigenvalue weighted by molar-refractivity contribution is 5.27. The van der Waals surface area contributed by atoms with Crippen molar-refractivity contribution in [3.8, 4) is 0 Å². The number of alkyl halides is 3. The van der Waals surface area contributed by atoms with Crippen LogP contribution in [0, 0.1) is 11.8 Å². The van der Waals surface area contributed by atoms with Gasteiger partial charge in [0.2, 0.25) is 0 Å². The SMILES string of the molecule is CC1CCCC(O)(Cc2cccc(C(F)(F)F)c2)C1C. The summed E-state index contributed by atoms with van der Waals surface area (Å²) >= 11 is 0. The van der Waals surface area contributed by atoms with Crippen molar-refractivity contribution in [1.29, 1.82) is 0 Å². The predicted molar refractivity (Wildman–Crippen MR) is 72.3 cm³/mol. The van der Waals surface area contributed by atoms with Crippen LogP contribution < -0.4 is 0 Å². The van der Waals surface area contributed by atoms with Gasteiger partial charge in [-0.2, -0.15) is 13.2 Å². The lowest BCUT2D eigenvalue weighted by atomic mass is 9.68. The van der Waals surface area contributed by atoms with Gasteiger partial charge in [-0.1, -0.05) is 44.9 Å². The standard InChI is InChI=1S/C16H21F3O/c1-11-5-4-8-15(20,12(11)2)10-13-6-3-7-14(9-13)16(17,18)19/h3,6-7,9,11-12,20H,4-5,8,10H2,1-2H3. The van der Waals surface area contributed by atoms with Gasteiger partial charge in [0.1, 0.15) is 0 Å². The maximum Gasteiger partial charge on any atom is 0.416 e. The summed E-state index contributed by atoms with van der Waals surface area (Å²) in [5, 5.41) is 10.8. The van der Waals surface area contributed by atoms with Crippen LogP contribution in [-0.2, 0) is 12.6 Å². The number of halogens is 3. The summed E-state index contributed by atoms with van der Waals surface area (Å²) in [6.07, 6.45) is -1.37. The first-order valence-corrected chi connectivity index (χ1v) is 7.11. The molecule has 1 N–H and O–H groups in total. The van der Waals surface area contributed by atoms with Crippen molar-refractivity contribution >= 4 is 0 Å². The zero-order valence-electron chi connectivity index (χ0n) is 11.9. The van der Waals surface area contributed by atoms with Crippen molar-refractivity contribution in [2.24, 2.45) is 11.8 Å². The van der Waals surface area contributed by atoms with Gasteiger partial charge in [-0.25, -0.2) is 0 Å². The molecule has 112 valence electrons.